The van der Waals surface area contributed by atoms with Gasteiger partial charge in [0.05, 0.1) is 7.11 Å². The van der Waals surface area contributed by atoms with E-state index in [9.17, 15) is 0 Å². The number of rotatable bonds is 5. The Morgan fingerprint density at radius 1 is 1.19 bits per heavy atom. The Morgan fingerprint density at radius 3 is 2.62 bits per heavy atom. The molecule has 0 spiro atoms. The van der Waals surface area contributed by atoms with Crippen LogP contribution in [0.2, 0.25) is 0 Å². The Kier molecular flexibility index (Phi) is 3.56. The molecule has 0 bridgehead atoms. The molecular formula is C12H15N3O. The van der Waals surface area contributed by atoms with Gasteiger partial charge in [-0.25, -0.2) is 0 Å². The van der Waals surface area contributed by atoms with Gasteiger partial charge in [0.1, 0.15) is 5.75 Å². The predicted molar refractivity (Wildman–Crippen MR) is 62.1 cm³/mol. The fourth-order valence-electron chi connectivity index (χ4n) is 1.47. The molecule has 4 nitrogen and oxygen atoms in total. The fraction of sp³-hybridized carbons (Fsp3) is 0.250. The first-order valence-corrected chi connectivity index (χ1v) is 5.20. The maximum absolute atomic E-state index is 5.10. The van der Waals surface area contributed by atoms with Crippen LogP contribution in [0, 0.1) is 0 Å². The smallest absolute Gasteiger partial charge is 0.118 e. The highest BCUT2D eigenvalue weighted by Crippen LogP contribution is 2.10. The molecule has 0 unspecified atom stereocenters. The lowest BCUT2D eigenvalue weighted by atomic mass is 10.2. The Morgan fingerprint density at radius 2 is 2.00 bits per heavy atom. The molecule has 0 aliphatic carbocycles. The van der Waals surface area contributed by atoms with Crippen LogP contribution in [0.3, 0.4) is 0 Å². The van der Waals surface area contributed by atoms with Crippen molar-refractivity contribution in [1.29, 1.82) is 0 Å². The van der Waals surface area contributed by atoms with Crippen LogP contribution >= 0.6 is 0 Å². The van der Waals surface area contributed by atoms with Gasteiger partial charge in [0.15, 0.2) is 0 Å². The highest BCUT2D eigenvalue weighted by atomic mass is 16.5. The second-order valence-corrected chi connectivity index (χ2v) is 3.53. The lowest BCUT2D eigenvalue weighted by Crippen LogP contribution is -2.12. The van der Waals surface area contributed by atoms with Crippen molar-refractivity contribution in [3.63, 3.8) is 0 Å². The molecule has 1 aromatic heterocycles. The zero-order valence-corrected chi connectivity index (χ0v) is 9.23. The van der Waals surface area contributed by atoms with Crippen molar-refractivity contribution in [3.05, 3.63) is 47.8 Å². The van der Waals surface area contributed by atoms with Crippen molar-refractivity contribution in [1.82, 2.24) is 15.5 Å². The molecule has 0 radical (unpaired) electrons. The van der Waals surface area contributed by atoms with E-state index >= 15 is 0 Å². The summed E-state index contributed by atoms with van der Waals surface area (Å²) >= 11 is 0. The first-order chi connectivity index (χ1) is 7.88. The van der Waals surface area contributed by atoms with Gasteiger partial charge < -0.3 is 10.1 Å². The van der Waals surface area contributed by atoms with Gasteiger partial charge in [0, 0.05) is 25.0 Å². The summed E-state index contributed by atoms with van der Waals surface area (Å²) < 4.78 is 5.10. The largest absolute Gasteiger partial charge is 0.497 e. The van der Waals surface area contributed by atoms with Crippen LogP contribution in [0.25, 0.3) is 0 Å². The maximum Gasteiger partial charge on any atom is 0.118 e. The Balaban J connectivity index is 1.81. The zero-order valence-electron chi connectivity index (χ0n) is 9.23. The van der Waals surface area contributed by atoms with E-state index < -0.39 is 0 Å². The summed E-state index contributed by atoms with van der Waals surface area (Å²) in [6.07, 6.45) is 1.75. The van der Waals surface area contributed by atoms with Crippen LogP contribution in [-0.2, 0) is 13.1 Å². The molecule has 0 fully saturated rings. The maximum atomic E-state index is 5.10. The first kappa shape index (κ1) is 10.7. The highest BCUT2D eigenvalue weighted by Gasteiger charge is 1.95. The predicted octanol–water partition coefficient (Wildman–Crippen LogP) is 1.71. The molecule has 1 heterocycles. The van der Waals surface area contributed by atoms with Gasteiger partial charge >= 0.3 is 0 Å². The molecule has 84 valence electrons. The quantitative estimate of drug-likeness (QED) is 0.801. The van der Waals surface area contributed by atoms with Gasteiger partial charge in [-0.15, -0.1) is 0 Å². The molecule has 0 aliphatic heterocycles. The van der Waals surface area contributed by atoms with E-state index in [-0.39, 0.29) is 0 Å². The summed E-state index contributed by atoms with van der Waals surface area (Å²) in [6, 6.07) is 10.00. The molecule has 0 saturated carbocycles. The molecule has 4 heteroatoms. The van der Waals surface area contributed by atoms with Gasteiger partial charge in [-0.3, -0.25) is 5.10 Å². The molecule has 0 saturated heterocycles. The number of benzene rings is 1. The van der Waals surface area contributed by atoms with Crippen molar-refractivity contribution in [2.24, 2.45) is 0 Å². The van der Waals surface area contributed by atoms with E-state index in [1.165, 1.54) is 5.56 Å². The first-order valence-electron chi connectivity index (χ1n) is 5.20. The van der Waals surface area contributed by atoms with Gasteiger partial charge in [-0.1, -0.05) is 12.1 Å². The molecule has 0 atom stereocenters. The summed E-state index contributed by atoms with van der Waals surface area (Å²) in [4.78, 5) is 0. The third kappa shape index (κ3) is 2.84. The number of methoxy groups -OCH3 is 1. The normalized spacial score (nSPS) is 10.3. The minimum atomic E-state index is 0.798. The average molecular weight is 217 g/mol. The number of aromatic amines is 1. The number of hydrogen-bond donors (Lipinski definition) is 2. The summed E-state index contributed by atoms with van der Waals surface area (Å²) in [6.45, 7) is 1.63. The molecule has 0 aliphatic rings. The standard InChI is InChI=1S/C12H15N3O/c1-16-12-4-2-10(3-5-12)8-13-9-11-6-7-14-15-11/h2-7,13H,8-9H2,1H3,(H,14,15). The number of ether oxygens (including phenoxy) is 1. The van der Waals surface area contributed by atoms with Crippen molar-refractivity contribution in [2.45, 2.75) is 13.1 Å². The lowest BCUT2D eigenvalue weighted by Gasteiger charge is -2.04. The number of aromatic nitrogens is 2. The van der Waals surface area contributed by atoms with E-state index in [0.29, 0.717) is 0 Å². The van der Waals surface area contributed by atoms with Crippen molar-refractivity contribution in [2.75, 3.05) is 7.11 Å². The van der Waals surface area contributed by atoms with Gasteiger partial charge in [-0.05, 0) is 23.8 Å². The van der Waals surface area contributed by atoms with E-state index in [0.717, 1.165) is 24.5 Å². The molecule has 2 rings (SSSR count). The lowest BCUT2D eigenvalue weighted by molar-refractivity contribution is 0.414. The minimum absolute atomic E-state index is 0.798. The highest BCUT2D eigenvalue weighted by molar-refractivity contribution is 5.27. The minimum Gasteiger partial charge on any atom is -0.497 e. The number of nitrogens with zero attached hydrogens (tertiary/aromatic N) is 1. The molecule has 0 amide bonds. The monoisotopic (exact) mass is 217 g/mol. The number of H-pyrrole nitrogens is 1. The Hall–Kier alpha value is -1.81. The van der Waals surface area contributed by atoms with Gasteiger partial charge in [0.25, 0.3) is 0 Å². The summed E-state index contributed by atoms with van der Waals surface area (Å²) in [5.74, 6) is 0.886. The molecule has 1 aromatic carbocycles. The van der Waals surface area contributed by atoms with Crippen LogP contribution < -0.4 is 10.1 Å². The second-order valence-electron chi connectivity index (χ2n) is 3.53. The Bertz CT molecular complexity index is 408. The van der Waals surface area contributed by atoms with Crippen molar-refractivity contribution < 1.29 is 4.74 Å². The third-order valence-electron chi connectivity index (χ3n) is 2.36. The molecule has 16 heavy (non-hydrogen) atoms. The van der Waals surface area contributed by atoms with Crippen LogP contribution in [0.5, 0.6) is 5.75 Å². The van der Waals surface area contributed by atoms with E-state index in [4.69, 9.17) is 4.74 Å². The fourth-order valence-corrected chi connectivity index (χ4v) is 1.47. The third-order valence-corrected chi connectivity index (χ3v) is 2.36. The second kappa shape index (κ2) is 5.32. The molecular weight excluding hydrogens is 202 g/mol. The topological polar surface area (TPSA) is 49.9 Å². The number of nitrogens with one attached hydrogen (secondary N) is 2. The summed E-state index contributed by atoms with van der Waals surface area (Å²) in [5.41, 5.74) is 2.33. The SMILES string of the molecule is COc1ccc(CNCc2ccn[nH]2)cc1. The summed E-state index contributed by atoms with van der Waals surface area (Å²) in [5, 5.41) is 10.1. The van der Waals surface area contributed by atoms with Gasteiger partial charge in [-0.2, -0.15) is 5.10 Å². The van der Waals surface area contributed by atoms with Crippen LogP contribution in [-0.4, -0.2) is 17.3 Å². The van der Waals surface area contributed by atoms with Crippen LogP contribution in [0.15, 0.2) is 36.5 Å². The van der Waals surface area contributed by atoms with Crippen LogP contribution in [0.4, 0.5) is 0 Å². The van der Waals surface area contributed by atoms with E-state index in [1.54, 1.807) is 13.3 Å². The number of hydrogen-bond acceptors (Lipinski definition) is 3. The Labute approximate surface area is 94.6 Å². The van der Waals surface area contributed by atoms with E-state index in [1.807, 2.05) is 18.2 Å². The molecule has 2 aromatic rings. The van der Waals surface area contributed by atoms with Crippen molar-refractivity contribution in [3.8, 4) is 5.75 Å². The molecule has 2 N–H and O–H groups in total. The zero-order chi connectivity index (χ0) is 11.2. The summed E-state index contributed by atoms with van der Waals surface area (Å²) in [7, 11) is 1.67. The van der Waals surface area contributed by atoms with Crippen LogP contribution in [0.1, 0.15) is 11.3 Å². The van der Waals surface area contributed by atoms with Gasteiger partial charge in [0.2, 0.25) is 0 Å². The average Bonchev–Trinajstić information content (AvgIpc) is 2.83. The van der Waals surface area contributed by atoms with Crippen molar-refractivity contribution >= 4 is 0 Å². The van der Waals surface area contributed by atoms with E-state index in [2.05, 4.69) is 27.6 Å².